The summed E-state index contributed by atoms with van der Waals surface area (Å²) in [5, 5.41) is 40.1. The van der Waals surface area contributed by atoms with E-state index in [1.807, 2.05) is 0 Å². The lowest BCUT2D eigenvalue weighted by Crippen LogP contribution is -2.59. The molecule has 1 heterocycles. The molecule has 0 aromatic heterocycles. The van der Waals surface area contributed by atoms with Gasteiger partial charge in [0.15, 0.2) is 12.4 Å². The molecular weight excluding hydrogens is 749 g/mol. The fourth-order valence-corrected chi connectivity index (χ4v) is 7.00. The van der Waals surface area contributed by atoms with E-state index in [2.05, 4.69) is 62.5 Å². The van der Waals surface area contributed by atoms with Crippen LogP contribution < -0.4 is 0 Å². The SMILES string of the molecule is CC/C=C\C/C=C\C/C=C\C/C=C\CCCCCCCCCCCCC(=O)OC(COC(=O)CCCCCCCCCCCCC)COC1OC(CO)C(O)C(O)C1O. The van der Waals surface area contributed by atoms with Crippen molar-refractivity contribution in [2.45, 2.75) is 230 Å². The van der Waals surface area contributed by atoms with Gasteiger partial charge >= 0.3 is 11.9 Å². The molecule has 1 aliphatic heterocycles. The number of unbranched alkanes of at least 4 members (excludes halogenated alkanes) is 20. The van der Waals surface area contributed by atoms with E-state index >= 15 is 0 Å². The van der Waals surface area contributed by atoms with Gasteiger partial charge in [0.2, 0.25) is 0 Å². The molecule has 0 bridgehead atoms. The molecule has 10 heteroatoms. The molecule has 0 aromatic rings. The third kappa shape index (κ3) is 31.2. The predicted octanol–water partition coefficient (Wildman–Crippen LogP) is 10.4. The minimum atomic E-state index is -1.59. The van der Waals surface area contributed by atoms with Crippen molar-refractivity contribution in [1.82, 2.24) is 0 Å². The van der Waals surface area contributed by atoms with E-state index in [9.17, 15) is 30.0 Å². The molecule has 0 aliphatic carbocycles. The van der Waals surface area contributed by atoms with E-state index in [1.165, 1.54) is 89.9 Å². The van der Waals surface area contributed by atoms with Crippen molar-refractivity contribution in [3.8, 4) is 0 Å². The molecule has 1 fully saturated rings. The first kappa shape index (κ1) is 54.7. The Balaban J connectivity index is 2.26. The number of rotatable bonds is 39. The summed E-state index contributed by atoms with van der Waals surface area (Å²) in [6.07, 6.45) is 39.8. The fraction of sp³-hybridized carbons (Fsp3) is 0.796. The largest absolute Gasteiger partial charge is 0.462 e. The van der Waals surface area contributed by atoms with Crippen LogP contribution in [-0.2, 0) is 28.5 Å². The number of allylic oxidation sites excluding steroid dienone is 8. The molecule has 0 saturated carbocycles. The smallest absolute Gasteiger partial charge is 0.306 e. The fourth-order valence-electron chi connectivity index (χ4n) is 7.00. The van der Waals surface area contributed by atoms with Crippen LogP contribution in [0.5, 0.6) is 0 Å². The van der Waals surface area contributed by atoms with Crippen molar-refractivity contribution in [2.24, 2.45) is 0 Å². The molecule has 1 rings (SSSR count). The highest BCUT2D eigenvalue weighted by Crippen LogP contribution is 2.23. The molecule has 0 aromatic carbocycles. The molecule has 10 nitrogen and oxygen atoms in total. The van der Waals surface area contributed by atoms with Gasteiger partial charge in [0.1, 0.15) is 31.0 Å². The summed E-state index contributed by atoms with van der Waals surface area (Å²) in [7, 11) is 0. The number of aliphatic hydroxyl groups is 4. The Kier molecular flexibility index (Phi) is 36.9. The third-order valence-electron chi connectivity index (χ3n) is 10.7. The standard InChI is InChI=1S/C49H86O10/c1-3-5-7-9-11-13-15-16-17-18-19-20-21-22-23-24-25-26-28-30-32-34-36-38-45(52)58-42(41-57-49-48(55)47(54)46(53)43(39-50)59-49)40-56-44(51)37-35-33-31-29-27-14-12-10-8-6-4-2/h5,7,11,13,16-17,19-20,42-43,46-50,53-55H,3-4,6,8-10,12,14-15,18,21-41H2,1-2H3/b7-5-,13-11-,17-16-,20-19-. The molecular formula is C49H86O10. The van der Waals surface area contributed by atoms with E-state index in [4.69, 9.17) is 18.9 Å². The number of hydrogen-bond donors (Lipinski definition) is 4. The third-order valence-corrected chi connectivity index (χ3v) is 10.7. The van der Waals surface area contributed by atoms with E-state index in [1.54, 1.807) is 0 Å². The van der Waals surface area contributed by atoms with Crippen LogP contribution >= 0.6 is 0 Å². The maximum atomic E-state index is 12.8. The topological polar surface area (TPSA) is 152 Å². The average molecular weight is 835 g/mol. The second-order valence-electron chi connectivity index (χ2n) is 16.2. The summed E-state index contributed by atoms with van der Waals surface area (Å²) in [6, 6.07) is 0. The Morgan fingerprint density at radius 2 is 1.00 bits per heavy atom. The van der Waals surface area contributed by atoms with E-state index < -0.39 is 49.4 Å². The Morgan fingerprint density at radius 1 is 0.542 bits per heavy atom. The molecule has 1 aliphatic rings. The van der Waals surface area contributed by atoms with Gasteiger partial charge in [-0.25, -0.2) is 0 Å². The predicted molar refractivity (Wildman–Crippen MR) is 238 cm³/mol. The van der Waals surface area contributed by atoms with Crippen molar-refractivity contribution < 1.29 is 49.0 Å². The van der Waals surface area contributed by atoms with Crippen LogP contribution in [0.3, 0.4) is 0 Å². The second kappa shape index (κ2) is 39.8. The van der Waals surface area contributed by atoms with Crippen LogP contribution in [0.4, 0.5) is 0 Å². The van der Waals surface area contributed by atoms with Gasteiger partial charge in [-0.05, 0) is 51.4 Å². The number of esters is 2. The minimum Gasteiger partial charge on any atom is -0.462 e. The maximum absolute atomic E-state index is 12.8. The van der Waals surface area contributed by atoms with Gasteiger partial charge < -0.3 is 39.4 Å². The van der Waals surface area contributed by atoms with Gasteiger partial charge in [-0.1, -0.05) is 178 Å². The Hall–Kier alpha value is -2.34. The summed E-state index contributed by atoms with van der Waals surface area (Å²) < 4.78 is 22.2. The number of carbonyl (C=O) groups is 2. The van der Waals surface area contributed by atoms with Crippen molar-refractivity contribution in [2.75, 3.05) is 19.8 Å². The molecule has 1 saturated heterocycles. The molecule has 0 radical (unpaired) electrons. The van der Waals surface area contributed by atoms with Gasteiger partial charge in [0.05, 0.1) is 13.2 Å². The lowest BCUT2D eigenvalue weighted by atomic mass is 9.99. The molecule has 342 valence electrons. The van der Waals surface area contributed by atoms with Crippen molar-refractivity contribution in [3.63, 3.8) is 0 Å². The van der Waals surface area contributed by atoms with E-state index in [0.717, 1.165) is 70.6 Å². The molecule has 6 unspecified atom stereocenters. The monoisotopic (exact) mass is 835 g/mol. The summed E-state index contributed by atoms with van der Waals surface area (Å²) in [5.74, 6) is -0.810. The zero-order chi connectivity index (χ0) is 43.0. The van der Waals surface area contributed by atoms with Crippen molar-refractivity contribution in [1.29, 1.82) is 0 Å². The van der Waals surface area contributed by atoms with Crippen LogP contribution in [0.25, 0.3) is 0 Å². The summed E-state index contributed by atoms with van der Waals surface area (Å²) in [6.45, 7) is 3.30. The van der Waals surface area contributed by atoms with Crippen LogP contribution in [-0.4, -0.2) is 89.0 Å². The van der Waals surface area contributed by atoms with Crippen LogP contribution in [0.15, 0.2) is 48.6 Å². The van der Waals surface area contributed by atoms with E-state index in [-0.39, 0.29) is 32.0 Å². The Labute approximate surface area is 358 Å². The number of hydrogen-bond acceptors (Lipinski definition) is 10. The first-order chi connectivity index (χ1) is 28.8. The van der Waals surface area contributed by atoms with Gasteiger partial charge in [-0.15, -0.1) is 0 Å². The van der Waals surface area contributed by atoms with Gasteiger partial charge in [-0.2, -0.15) is 0 Å². The quantitative estimate of drug-likeness (QED) is 0.0267. The first-order valence-electron chi connectivity index (χ1n) is 23.7. The molecule has 0 spiro atoms. The van der Waals surface area contributed by atoms with Crippen molar-refractivity contribution in [3.05, 3.63) is 48.6 Å². The molecule has 6 atom stereocenters. The van der Waals surface area contributed by atoms with Crippen LogP contribution in [0.1, 0.15) is 194 Å². The first-order valence-corrected chi connectivity index (χ1v) is 23.7. The maximum Gasteiger partial charge on any atom is 0.306 e. The van der Waals surface area contributed by atoms with E-state index in [0.29, 0.717) is 6.42 Å². The summed E-state index contributed by atoms with van der Waals surface area (Å²) >= 11 is 0. The van der Waals surface area contributed by atoms with Gasteiger partial charge in [-0.3, -0.25) is 9.59 Å². The highest BCUT2D eigenvalue weighted by atomic mass is 16.7. The van der Waals surface area contributed by atoms with Crippen LogP contribution in [0, 0.1) is 0 Å². The minimum absolute atomic E-state index is 0.218. The van der Waals surface area contributed by atoms with Gasteiger partial charge in [0.25, 0.3) is 0 Å². The zero-order valence-corrected chi connectivity index (χ0v) is 37.2. The number of ether oxygens (including phenoxy) is 4. The van der Waals surface area contributed by atoms with Gasteiger partial charge in [0, 0.05) is 12.8 Å². The average Bonchev–Trinajstić information content (AvgIpc) is 3.23. The number of aliphatic hydroxyl groups excluding tert-OH is 4. The normalized spacial score (nSPS) is 20.4. The Bertz CT molecular complexity index is 1100. The molecule has 0 amide bonds. The lowest BCUT2D eigenvalue weighted by molar-refractivity contribution is -0.305. The summed E-state index contributed by atoms with van der Waals surface area (Å²) in [5.41, 5.74) is 0. The summed E-state index contributed by atoms with van der Waals surface area (Å²) in [4.78, 5) is 25.3. The molecule has 4 N–H and O–H groups in total. The highest BCUT2D eigenvalue weighted by molar-refractivity contribution is 5.70. The number of carbonyl (C=O) groups excluding carboxylic acids is 2. The lowest BCUT2D eigenvalue weighted by Gasteiger charge is -2.39. The Morgan fingerprint density at radius 3 is 1.51 bits per heavy atom. The van der Waals surface area contributed by atoms with Crippen molar-refractivity contribution >= 4 is 11.9 Å². The second-order valence-corrected chi connectivity index (χ2v) is 16.2. The molecule has 59 heavy (non-hydrogen) atoms. The highest BCUT2D eigenvalue weighted by Gasteiger charge is 2.44. The van der Waals surface area contributed by atoms with Crippen LogP contribution in [0.2, 0.25) is 0 Å². The zero-order valence-electron chi connectivity index (χ0n) is 37.2.